The molecule has 2 amide bonds. The number of rotatable bonds is 6. The molecule has 6 heteroatoms. The first kappa shape index (κ1) is 21.8. The zero-order chi connectivity index (χ0) is 23.2. The molecule has 0 spiro atoms. The summed E-state index contributed by atoms with van der Waals surface area (Å²) in [6, 6.07) is 12.3. The normalized spacial score (nSPS) is 21.2. The molecule has 2 aromatic heterocycles. The Kier molecular flexibility index (Phi) is 5.55. The van der Waals surface area contributed by atoms with Crippen molar-refractivity contribution < 1.29 is 9.59 Å². The van der Waals surface area contributed by atoms with Crippen molar-refractivity contribution in [2.45, 2.75) is 71.0 Å². The van der Waals surface area contributed by atoms with Crippen LogP contribution in [0.4, 0.5) is 0 Å². The van der Waals surface area contributed by atoms with Crippen LogP contribution in [0, 0.1) is 5.92 Å². The predicted molar refractivity (Wildman–Crippen MR) is 131 cm³/mol. The van der Waals surface area contributed by atoms with Crippen molar-refractivity contribution in [2.24, 2.45) is 5.92 Å². The van der Waals surface area contributed by atoms with E-state index in [-0.39, 0.29) is 17.9 Å². The number of nitrogens with zero attached hydrogens (tertiary/aromatic N) is 3. The molecule has 1 aromatic carbocycles. The Morgan fingerprint density at radius 2 is 1.82 bits per heavy atom. The molecular formula is C27H34N4O2. The van der Waals surface area contributed by atoms with Gasteiger partial charge in [-0.2, -0.15) is 0 Å². The number of fused-ring (bicyclic) bond motifs is 3. The zero-order valence-electron chi connectivity index (χ0n) is 19.9. The average Bonchev–Trinajstić information content (AvgIpc) is 3.54. The van der Waals surface area contributed by atoms with Crippen LogP contribution in [-0.4, -0.2) is 44.0 Å². The van der Waals surface area contributed by atoms with Gasteiger partial charge in [-0.25, -0.2) is 0 Å². The topological polar surface area (TPSA) is 59.3 Å². The van der Waals surface area contributed by atoms with Crippen molar-refractivity contribution in [3.8, 4) is 5.69 Å². The van der Waals surface area contributed by atoms with Crippen LogP contribution in [0.1, 0.15) is 63.4 Å². The first-order valence-corrected chi connectivity index (χ1v) is 12.3. The van der Waals surface area contributed by atoms with E-state index in [1.54, 1.807) is 0 Å². The van der Waals surface area contributed by atoms with E-state index in [0.717, 1.165) is 48.7 Å². The van der Waals surface area contributed by atoms with Gasteiger partial charge in [0, 0.05) is 30.4 Å². The molecule has 1 atom stereocenters. The van der Waals surface area contributed by atoms with E-state index < -0.39 is 5.54 Å². The number of aromatic nitrogens is 2. The number of benzene rings is 1. The smallest absolute Gasteiger partial charge is 0.273 e. The summed E-state index contributed by atoms with van der Waals surface area (Å²) < 4.78 is 4.10. The number of nitrogens with one attached hydrogen (secondary N) is 1. The van der Waals surface area contributed by atoms with Gasteiger partial charge in [0.2, 0.25) is 5.91 Å². The molecule has 3 heterocycles. The Morgan fingerprint density at radius 3 is 2.52 bits per heavy atom. The maximum absolute atomic E-state index is 14.2. The van der Waals surface area contributed by atoms with E-state index in [2.05, 4.69) is 35.9 Å². The lowest BCUT2D eigenvalue weighted by Gasteiger charge is -2.45. The fraction of sp³-hybridized carbons (Fsp3) is 0.481. The Morgan fingerprint density at radius 1 is 1.12 bits per heavy atom. The van der Waals surface area contributed by atoms with Gasteiger partial charge in [0.25, 0.3) is 5.91 Å². The molecular weight excluding hydrogens is 412 g/mol. The molecule has 0 unspecified atom stereocenters. The van der Waals surface area contributed by atoms with Gasteiger partial charge in [-0.3, -0.25) is 9.59 Å². The van der Waals surface area contributed by atoms with Crippen LogP contribution in [0.25, 0.3) is 16.6 Å². The van der Waals surface area contributed by atoms with Crippen molar-refractivity contribution >= 4 is 22.7 Å². The van der Waals surface area contributed by atoms with Crippen LogP contribution in [0.3, 0.4) is 0 Å². The first-order valence-electron chi connectivity index (χ1n) is 12.3. The minimum Gasteiger partial charge on any atom is -0.351 e. The minimum atomic E-state index is -0.933. The monoisotopic (exact) mass is 446 g/mol. The highest BCUT2D eigenvalue weighted by molar-refractivity contribution is 6.08. The van der Waals surface area contributed by atoms with E-state index in [4.69, 9.17) is 0 Å². The maximum atomic E-state index is 14.2. The van der Waals surface area contributed by atoms with Crippen LogP contribution >= 0.6 is 0 Å². The predicted octanol–water partition coefficient (Wildman–Crippen LogP) is 4.75. The van der Waals surface area contributed by atoms with Crippen molar-refractivity contribution in [3.63, 3.8) is 0 Å². The average molecular weight is 447 g/mol. The Bertz CT molecular complexity index is 1170. The number of carbonyl (C=O) groups is 2. The number of hydrogen-bond acceptors (Lipinski definition) is 2. The number of carbonyl (C=O) groups excluding carboxylic acids is 2. The minimum absolute atomic E-state index is 0.0301. The highest BCUT2D eigenvalue weighted by atomic mass is 16.2. The summed E-state index contributed by atoms with van der Waals surface area (Å²) in [5.41, 5.74) is 1.63. The molecule has 5 rings (SSSR count). The SMILES string of the molecule is CC(C)CCN1C(=O)c2c(-n3cccc3)c3ccccc3n2C[C@]1(C)C(=O)NC1CCCC1. The summed E-state index contributed by atoms with van der Waals surface area (Å²) >= 11 is 0. The van der Waals surface area contributed by atoms with Crippen molar-refractivity contribution in [3.05, 3.63) is 54.5 Å². The Balaban J connectivity index is 1.64. The lowest BCUT2D eigenvalue weighted by Crippen LogP contribution is -2.65. The third kappa shape index (κ3) is 3.65. The van der Waals surface area contributed by atoms with E-state index in [9.17, 15) is 9.59 Å². The van der Waals surface area contributed by atoms with Crippen molar-refractivity contribution in [1.82, 2.24) is 19.4 Å². The van der Waals surface area contributed by atoms with Crippen LogP contribution < -0.4 is 5.32 Å². The van der Waals surface area contributed by atoms with Gasteiger partial charge in [0.15, 0.2) is 0 Å². The van der Waals surface area contributed by atoms with Crippen LogP contribution in [0.15, 0.2) is 48.8 Å². The Labute approximate surface area is 195 Å². The lowest BCUT2D eigenvalue weighted by atomic mass is 9.93. The highest BCUT2D eigenvalue weighted by Crippen LogP contribution is 2.38. The van der Waals surface area contributed by atoms with Gasteiger partial charge in [-0.05, 0) is 50.3 Å². The molecule has 33 heavy (non-hydrogen) atoms. The van der Waals surface area contributed by atoms with Gasteiger partial charge in [0.1, 0.15) is 11.2 Å². The van der Waals surface area contributed by atoms with Crippen molar-refractivity contribution in [2.75, 3.05) is 6.54 Å². The highest BCUT2D eigenvalue weighted by Gasteiger charge is 2.49. The molecule has 3 aromatic rings. The van der Waals surface area contributed by atoms with Gasteiger partial charge < -0.3 is 19.4 Å². The molecule has 1 saturated carbocycles. The van der Waals surface area contributed by atoms with E-state index >= 15 is 0 Å². The summed E-state index contributed by atoms with van der Waals surface area (Å²) in [5, 5.41) is 4.32. The molecule has 6 nitrogen and oxygen atoms in total. The molecule has 1 aliphatic heterocycles. The summed E-state index contributed by atoms with van der Waals surface area (Å²) in [7, 11) is 0. The molecule has 1 aliphatic carbocycles. The van der Waals surface area contributed by atoms with Crippen molar-refractivity contribution in [1.29, 1.82) is 0 Å². The molecule has 1 N–H and O–H groups in total. The van der Waals surface area contributed by atoms with Crippen LogP contribution in [-0.2, 0) is 11.3 Å². The first-order chi connectivity index (χ1) is 15.9. The standard InChI is InChI=1S/C27H34N4O2/c1-19(2)14-17-31-25(32)24-23(29-15-8-9-16-29)21-12-6-7-13-22(21)30(24)18-27(31,3)26(33)28-20-10-4-5-11-20/h6-9,12-13,15-16,19-20H,4-5,10-11,14,17-18H2,1-3H3,(H,28,33)/t27-/m1/s1. The van der Waals surface area contributed by atoms with Gasteiger partial charge >= 0.3 is 0 Å². The van der Waals surface area contributed by atoms with E-state index in [0.29, 0.717) is 24.7 Å². The van der Waals surface area contributed by atoms with Gasteiger partial charge in [-0.15, -0.1) is 0 Å². The van der Waals surface area contributed by atoms with E-state index in [1.165, 1.54) is 0 Å². The summed E-state index contributed by atoms with van der Waals surface area (Å²) in [4.78, 5) is 29.8. The second-order valence-corrected chi connectivity index (χ2v) is 10.3. The molecule has 174 valence electrons. The third-order valence-electron chi connectivity index (χ3n) is 7.43. The quantitative estimate of drug-likeness (QED) is 0.594. The van der Waals surface area contributed by atoms with Gasteiger partial charge in [-0.1, -0.05) is 44.9 Å². The van der Waals surface area contributed by atoms with Crippen LogP contribution in [0.5, 0.6) is 0 Å². The second-order valence-electron chi connectivity index (χ2n) is 10.3. The largest absolute Gasteiger partial charge is 0.351 e. The fourth-order valence-electron chi connectivity index (χ4n) is 5.50. The second kappa shape index (κ2) is 8.40. The number of amides is 2. The lowest BCUT2D eigenvalue weighted by molar-refractivity contribution is -0.133. The maximum Gasteiger partial charge on any atom is 0.273 e. The molecule has 0 saturated heterocycles. The molecule has 2 aliphatic rings. The van der Waals surface area contributed by atoms with E-state index in [1.807, 2.05) is 53.0 Å². The van der Waals surface area contributed by atoms with Gasteiger partial charge in [0.05, 0.1) is 17.7 Å². The zero-order valence-corrected chi connectivity index (χ0v) is 19.9. The molecule has 1 fully saturated rings. The summed E-state index contributed by atoms with van der Waals surface area (Å²) in [5.74, 6) is 0.347. The number of hydrogen-bond donors (Lipinski definition) is 1. The Hall–Kier alpha value is -3.02. The molecule has 0 bridgehead atoms. The summed E-state index contributed by atoms with van der Waals surface area (Å²) in [6.45, 7) is 7.28. The van der Waals surface area contributed by atoms with Crippen LogP contribution in [0.2, 0.25) is 0 Å². The molecule has 0 radical (unpaired) electrons. The summed E-state index contributed by atoms with van der Waals surface area (Å²) in [6.07, 6.45) is 9.18. The number of para-hydroxylation sites is 1. The third-order valence-corrected chi connectivity index (χ3v) is 7.43. The fourth-order valence-corrected chi connectivity index (χ4v) is 5.50.